The Morgan fingerprint density at radius 3 is 2.64 bits per heavy atom. The SMILES string of the molecule is Cn1c(C(=O)N2CCC(CN)C2)ccc1-c1ccc(Br)cc1. The predicted octanol–water partition coefficient (Wildman–Crippen LogP) is 2.88. The van der Waals surface area contributed by atoms with Crippen molar-refractivity contribution in [1.82, 2.24) is 9.47 Å². The number of rotatable bonds is 3. The van der Waals surface area contributed by atoms with Crippen LogP contribution in [0.15, 0.2) is 40.9 Å². The number of amides is 1. The summed E-state index contributed by atoms with van der Waals surface area (Å²) in [5.41, 5.74) is 8.59. The Morgan fingerprint density at radius 2 is 2.00 bits per heavy atom. The molecular weight excluding hydrogens is 342 g/mol. The second-order valence-electron chi connectivity index (χ2n) is 5.81. The summed E-state index contributed by atoms with van der Waals surface area (Å²) in [6, 6.07) is 12.0. The third-order valence-electron chi connectivity index (χ3n) is 4.39. The van der Waals surface area contributed by atoms with Gasteiger partial charge in [0.05, 0.1) is 0 Å². The Hall–Kier alpha value is -1.59. The van der Waals surface area contributed by atoms with Crippen LogP contribution in [0.3, 0.4) is 0 Å². The second-order valence-corrected chi connectivity index (χ2v) is 6.73. The number of hydrogen-bond donors (Lipinski definition) is 1. The first-order chi connectivity index (χ1) is 10.6. The molecule has 0 radical (unpaired) electrons. The number of hydrogen-bond acceptors (Lipinski definition) is 2. The minimum Gasteiger partial charge on any atom is -0.340 e. The predicted molar refractivity (Wildman–Crippen MR) is 91.6 cm³/mol. The molecule has 0 saturated carbocycles. The molecule has 3 rings (SSSR count). The molecule has 4 nitrogen and oxygen atoms in total. The summed E-state index contributed by atoms with van der Waals surface area (Å²) in [4.78, 5) is 14.6. The van der Waals surface area contributed by atoms with Gasteiger partial charge in [-0.05, 0) is 48.7 Å². The number of carbonyl (C=O) groups excluding carboxylic acids is 1. The van der Waals surface area contributed by atoms with Crippen molar-refractivity contribution in [3.8, 4) is 11.3 Å². The highest BCUT2D eigenvalue weighted by Crippen LogP contribution is 2.25. The van der Waals surface area contributed by atoms with E-state index in [0.717, 1.165) is 40.9 Å². The molecule has 0 aliphatic carbocycles. The van der Waals surface area contributed by atoms with E-state index < -0.39 is 0 Å². The average molecular weight is 362 g/mol. The molecule has 1 aliphatic rings. The van der Waals surface area contributed by atoms with Crippen LogP contribution in [0.5, 0.6) is 0 Å². The van der Waals surface area contributed by atoms with E-state index in [1.54, 1.807) is 0 Å². The first-order valence-corrected chi connectivity index (χ1v) is 8.30. The van der Waals surface area contributed by atoms with Gasteiger partial charge in [-0.1, -0.05) is 28.1 Å². The zero-order valence-electron chi connectivity index (χ0n) is 12.6. The molecule has 22 heavy (non-hydrogen) atoms. The lowest BCUT2D eigenvalue weighted by Gasteiger charge is -2.17. The fraction of sp³-hybridized carbons (Fsp3) is 0.353. The molecule has 5 heteroatoms. The van der Waals surface area contributed by atoms with Gasteiger partial charge in [0.2, 0.25) is 0 Å². The van der Waals surface area contributed by atoms with E-state index in [-0.39, 0.29) is 5.91 Å². The fourth-order valence-corrected chi connectivity index (χ4v) is 3.27. The number of nitrogens with two attached hydrogens (primary N) is 1. The van der Waals surface area contributed by atoms with Gasteiger partial charge in [0.25, 0.3) is 5.91 Å². The normalized spacial score (nSPS) is 18.0. The summed E-state index contributed by atoms with van der Waals surface area (Å²) in [5, 5.41) is 0. The van der Waals surface area contributed by atoms with Crippen LogP contribution in [0.1, 0.15) is 16.9 Å². The highest BCUT2D eigenvalue weighted by atomic mass is 79.9. The molecule has 1 aromatic heterocycles. The van der Waals surface area contributed by atoms with Gasteiger partial charge in [-0.15, -0.1) is 0 Å². The minimum atomic E-state index is 0.0989. The lowest BCUT2D eigenvalue weighted by molar-refractivity contribution is 0.0778. The van der Waals surface area contributed by atoms with Gasteiger partial charge in [-0.3, -0.25) is 4.79 Å². The van der Waals surface area contributed by atoms with Crippen molar-refractivity contribution in [2.45, 2.75) is 6.42 Å². The maximum Gasteiger partial charge on any atom is 0.270 e. The Labute approximate surface area is 139 Å². The van der Waals surface area contributed by atoms with E-state index >= 15 is 0 Å². The molecule has 0 spiro atoms. The van der Waals surface area contributed by atoms with Gasteiger partial charge in [-0.2, -0.15) is 0 Å². The average Bonchev–Trinajstić information content (AvgIpc) is 3.14. The van der Waals surface area contributed by atoms with Crippen LogP contribution >= 0.6 is 15.9 Å². The van der Waals surface area contributed by atoms with Crippen molar-refractivity contribution < 1.29 is 4.79 Å². The smallest absolute Gasteiger partial charge is 0.270 e. The third kappa shape index (κ3) is 2.83. The van der Waals surface area contributed by atoms with Gasteiger partial charge >= 0.3 is 0 Å². The van der Waals surface area contributed by atoms with Crippen molar-refractivity contribution in [3.05, 3.63) is 46.6 Å². The number of nitrogens with zero attached hydrogens (tertiary/aromatic N) is 2. The van der Waals surface area contributed by atoms with E-state index in [0.29, 0.717) is 12.5 Å². The molecule has 1 aromatic carbocycles. The second kappa shape index (κ2) is 6.26. The third-order valence-corrected chi connectivity index (χ3v) is 4.92. The molecule has 1 saturated heterocycles. The van der Waals surface area contributed by atoms with Gasteiger partial charge in [0.1, 0.15) is 5.69 Å². The zero-order valence-corrected chi connectivity index (χ0v) is 14.2. The molecular formula is C17H20BrN3O. The van der Waals surface area contributed by atoms with E-state index in [4.69, 9.17) is 5.73 Å². The number of halogens is 1. The molecule has 2 aromatic rings. The molecule has 0 bridgehead atoms. The number of likely N-dealkylation sites (tertiary alicyclic amines) is 1. The maximum absolute atomic E-state index is 12.7. The van der Waals surface area contributed by atoms with Crippen molar-refractivity contribution >= 4 is 21.8 Å². The van der Waals surface area contributed by atoms with Crippen molar-refractivity contribution in [2.24, 2.45) is 18.7 Å². The Bertz CT molecular complexity index is 678. The van der Waals surface area contributed by atoms with Crippen LogP contribution in [0.2, 0.25) is 0 Å². The van der Waals surface area contributed by atoms with E-state index in [9.17, 15) is 4.79 Å². The van der Waals surface area contributed by atoms with E-state index in [2.05, 4.69) is 15.9 Å². The molecule has 1 unspecified atom stereocenters. The fourth-order valence-electron chi connectivity index (χ4n) is 3.01. The molecule has 1 aliphatic heterocycles. The van der Waals surface area contributed by atoms with E-state index in [1.807, 2.05) is 52.9 Å². The summed E-state index contributed by atoms with van der Waals surface area (Å²) < 4.78 is 3.02. The largest absolute Gasteiger partial charge is 0.340 e. The summed E-state index contributed by atoms with van der Waals surface area (Å²) >= 11 is 3.44. The van der Waals surface area contributed by atoms with Crippen LogP contribution in [0.25, 0.3) is 11.3 Å². The van der Waals surface area contributed by atoms with Gasteiger partial charge in [0.15, 0.2) is 0 Å². The molecule has 116 valence electrons. The monoisotopic (exact) mass is 361 g/mol. The molecule has 1 fully saturated rings. The van der Waals surface area contributed by atoms with Crippen LogP contribution in [0, 0.1) is 5.92 Å². The molecule has 1 amide bonds. The highest BCUT2D eigenvalue weighted by molar-refractivity contribution is 9.10. The number of benzene rings is 1. The Balaban J connectivity index is 1.84. The number of carbonyl (C=O) groups is 1. The first kappa shape index (κ1) is 15.3. The van der Waals surface area contributed by atoms with Crippen LogP contribution in [-0.2, 0) is 7.05 Å². The van der Waals surface area contributed by atoms with Gasteiger partial charge in [-0.25, -0.2) is 0 Å². The van der Waals surface area contributed by atoms with Crippen molar-refractivity contribution in [1.29, 1.82) is 0 Å². The Kier molecular flexibility index (Phi) is 4.36. The van der Waals surface area contributed by atoms with E-state index in [1.165, 1.54) is 0 Å². The summed E-state index contributed by atoms with van der Waals surface area (Å²) in [7, 11) is 1.95. The zero-order chi connectivity index (χ0) is 15.7. The maximum atomic E-state index is 12.7. The summed E-state index contributed by atoms with van der Waals surface area (Å²) in [6.45, 7) is 2.23. The summed E-state index contributed by atoms with van der Waals surface area (Å²) in [5.74, 6) is 0.539. The van der Waals surface area contributed by atoms with Crippen LogP contribution in [0.4, 0.5) is 0 Å². The molecule has 1 atom stereocenters. The van der Waals surface area contributed by atoms with Crippen molar-refractivity contribution in [3.63, 3.8) is 0 Å². The van der Waals surface area contributed by atoms with Crippen LogP contribution in [-0.4, -0.2) is 35.0 Å². The lowest BCUT2D eigenvalue weighted by Crippen LogP contribution is -2.31. The first-order valence-electron chi connectivity index (χ1n) is 7.51. The lowest BCUT2D eigenvalue weighted by atomic mass is 10.1. The molecule has 2 heterocycles. The number of aromatic nitrogens is 1. The Morgan fingerprint density at radius 1 is 1.27 bits per heavy atom. The quantitative estimate of drug-likeness (QED) is 0.913. The van der Waals surface area contributed by atoms with Gasteiger partial charge in [0, 0.05) is 30.3 Å². The minimum absolute atomic E-state index is 0.0989. The topological polar surface area (TPSA) is 51.3 Å². The highest BCUT2D eigenvalue weighted by Gasteiger charge is 2.27. The molecule has 2 N–H and O–H groups in total. The summed E-state index contributed by atoms with van der Waals surface area (Å²) in [6.07, 6.45) is 1.01. The van der Waals surface area contributed by atoms with Gasteiger partial charge < -0.3 is 15.2 Å². The van der Waals surface area contributed by atoms with Crippen LogP contribution < -0.4 is 5.73 Å². The van der Waals surface area contributed by atoms with Crippen molar-refractivity contribution in [2.75, 3.05) is 19.6 Å². The standard InChI is InChI=1S/C17H20BrN3O/c1-20-15(13-2-4-14(18)5-3-13)6-7-16(20)17(22)21-9-8-12(10-19)11-21/h2-7,12H,8-11,19H2,1H3.